The van der Waals surface area contributed by atoms with Crippen molar-refractivity contribution >= 4 is 60.6 Å². The van der Waals surface area contributed by atoms with Crippen molar-refractivity contribution in [2.45, 2.75) is 23.8 Å². The molecule has 0 saturated carbocycles. The van der Waals surface area contributed by atoms with Gasteiger partial charge in [-0.3, -0.25) is 0 Å². The molecule has 28 heavy (non-hydrogen) atoms. The average molecular weight is 485 g/mol. The van der Waals surface area contributed by atoms with E-state index < -0.39 is 20.1 Å². The summed E-state index contributed by atoms with van der Waals surface area (Å²) < 4.78 is 14.8. The Morgan fingerprint density at radius 1 is 0.964 bits per heavy atom. The highest BCUT2D eigenvalue weighted by atomic mass is 36.0. The van der Waals surface area contributed by atoms with Gasteiger partial charge in [0.15, 0.2) is 4.87 Å². The van der Waals surface area contributed by atoms with Crippen LogP contribution in [0.3, 0.4) is 0 Å². The van der Waals surface area contributed by atoms with Crippen LogP contribution in [-0.4, -0.2) is 29.4 Å². The van der Waals surface area contributed by atoms with Gasteiger partial charge < -0.3 is 10.1 Å². The lowest BCUT2D eigenvalue weighted by Gasteiger charge is -2.30. The van der Waals surface area contributed by atoms with Gasteiger partial charge in [0, 0.05) is 21.4 Å². The van der Waals surface area contributed by atoms with Gasteiger partial charge in [0.2, 0.25) is 9.23 Å². The van der Waals surface area contributed by atoms with Gasteiger partial charge in [-0.05, 0) is 37.1 Å². The Bertz CT molecular complexity index is 700. The number of hydrogen-bond acceptors (Lipinski definition) is 4. The Balaban J connectivity index is 0.000000717. The highest BCUT2D eigenvalue weighted by Gasteiger charge is 2.42. The van der Waals surface area contributed by atoms with E-state index >= 15 is 0 Å². The monoisotopic (exact) mass is 483 g/mol. The molecule has 0 aromatic heterocycles. The lowest BCUT2D eigenvalue weighted by Crippen LogP contribution is -2.39. The molecule has 4 nitrogen and oxygen atoms in total. The minimum Gasteiger partial charge on any atom is -0.460 e. The quantitative estimate of drug-likeness (QED) is 0.379. The van der Waals surface area contributed by atoms with Gasteiger partial charge in [0.25, 0.3) is 0 Å². The molecule has 2 aromatic carbocycles. The molecule has 0 bridgehead atoms. The standard InChI is InChI=1S/C19H20ClNO2.Cl2OS.ClH/c20-19(15-7-3-1-4-8-15,16-9-5-2-6-10-16)18(22)23-17-11-13-21-14-12-17;1-4(2)3;/h1-10,17,21H,11-14H2;;1H. The van der Waals surface area contributed by atoms with E-state index in [1.54, 1.807) is 0 Å². The van der Waals surface area contributed by atoms with Crippen LogP contribution in [0.25, 0.3) is 0 Å². The fraction of sp³-hybridized carbons (Fsp3) is 0.316. The predicted octanol–water partition coefficient (Wildman–Crippen LogP) is 4.93. The lowest BCUT2D eigenvalue weighted by molar-refractivity contribution is -0.152. The maximum Gasteiger partial charge on any atom is 0.336 e. The lowest BCUT2D eigenvalue weighted by atomic mass is 9.90. The fourth-order valence-corrected chi connectivity index (χ4v) is 3.18. The first-order valence-electron chi connectivity index (χ1n) is 8.40. The maximum absolute atomic E-state index is 13.0. The number of alkyl halides is 1. The third-order valence-electron chi connectivity index (χ3n) is 4.18. The molecule has 1 fully saturated rings. The Kier molecular flexibility index (Phi) is 11.4. The topological polar surface area (TPSA) is 55.4 Å². The summed E-state index contributed by atoms with van der Waals surface area (Å²) in [5.41, 5.74) is 1.46. The van der Waals surface area contributed by atoms with Crippen LogP contribution < -0.4 is 5.32 Å². The minimum atomic E-state index is -1.67. The zero-order chi connectivity index (χ0) is 19.7. The molecule has 1 aliphatic heterocycles. The summed E-state index contributed by atoms with van der Waals surface area (Å²) in [6.45, 7) is 1.73. The molecule has 0 aliphatic carbocycles. The number of ether oxygens (including phenoxy) is 1. The van der Waals surface area contributed by atoms with Gasteiger partial charge in [0.1, 0.15) is 6.10 Å². The van der Waals surface area contributed by atoms with Crippen molar-refractivity contribution in [2.24, 2.45) is 0 Å². The first-order valence-corrected chi connectivity index (χ1v) is 11.6. The van der Waals surface area contributed by atoms with E-state index in [0.29, 0.717) is 0 Å². The molecular weight excluding hydrogens is 464 g/mol. The molecule has 1 saturated heterocycles. The van der Waals surface area contributed by atoms with Crippen LogP contribution in [0.2, 0.25) is 0 Å². The molecular formula is C19H21Cl4NO3S. The van der Waals surface area contributed by atoms with Crippen molar-refractivity contribution in [3.63, 3.8) is 0 Å². The normalized spacial score (nSPS) is 14.4. The zero-order valence-corrected chi connectivity index (χ0v) is 18.8. The van der Waals surface area contributed by atoms with E-state index in [4.69, 9.17) is 20.5 Å². The molecule has 0 spiro atoms. The molecule has 9 heteroatoms. The van der Waals surface area contributed by atoms with Crippen molar-refractivity contribution in [1.29, 1.82) is 0 Å². The van der Waals surface area contributed by atoms with Crippen molar-refractivity contribution in [3.8, 4) is 0 Å². The second-order valence-corrected chi connectivity index (χ2v) is 9.02. The summed E-state index contributed by atoms with van der Waals surface area (Å²) >= 11 is 6.87. The van der Waals surface area contributed by atoms with Crippen LogP contribution >= 0.6 is 45.4 Å². The summed E-state index contributed by atoms with van der Waals surface area (Å²) in [4.78, 5) is 11.6. The summed E-state index contributed by atoms with van der Waals surface area (Å²) in [5, 5.41) is 3.27. The smallest absolute Gasteiger partial charge is 0.336 e. The maximum atomic E-state index is 13.0. The third-order valence-corrected chi connectivity index (χ3v) is 4.78. The molecule has 154 valence electrons. The summed E-state index contributed by atoms with van der Waals surface area (Å²) in [6.07, 6.45) is 1.57. The van der Waals surface area contributed by atoms with E-state index in [1.165, 1.54) is 0 Å². The predicted molar refractivity (Wildman–Crippen MR) is 119 cm³/mol. The van der Waals surface area contributed by atoms with Crippen LogP contribution in [0.1, 0.15) is 24.0 Å². The van der Waals surface area contributed by atoms with E-state index in [0.717, 1.165) is 37.1 Å². The molecule has 1 heterocycles. The molecule has 1 aliphatic rings. The van der Waals surface area contributed by atoms with Gasteiger partial charge in [-0.2, -0.15) is 0 Å². The SMILES string of the molecule is Cl.O=C(OC1CCNCC1)C(Cl)(c1ccccc1)c1ccccc1.O=S(Cl)Cl. The highest BCUT2D eigenvalue weighted by molar-refractivity contribution is 8.26. The van der Waals surface area contributed by atoms with Gasteiger partial charge >= 0.3 is 5.97 Å². The Morgan fingerprint density at radius 2 is 1.36 bits per heavy atom. The molecule has 2 aromatic rings. The zero-order valence-electron chi connectivity index (χ0n) is 14.9. The number of nitrogens with one attached hydrogen (secondary N) is 1. The van der Waals surface area contributed by atoms with Crippen LogP contribution in [0.5, 0.6) is 0 Å². The van der Waals surface area contributed by atoms with E-state index in [2.05, 4.69) is 26.7 Å². The number of piperidine rings is 1. The first-order chi connectivity index (χ1) is 12.9. The van der Waals surface area contributed by atoms with E-state index in [1.807, 2.05) is 60.7 Å². The van der Waals surface area contributed by atoms with Crippen molar-refractivity contribution in [1.82, 2.24) is 5.32 Å². The van der Waals surface area contributed by atoms with Gasteiger partial charge in [-0.15, -0.1) is 12.4 Å². The highest BCUT2D eigenvalue weighted by Crippen LogP contribution is 2.38. The van der Waals surface area contributed by atoms with Crippen LogP contribution in [0.4, 0.5) is 0 Å². The van der Waals surface area contributed by atoms with Gasteiger partial charge in [-0.25, -0.2) is 9.00 Å². The minimum absolute atomic E-state index is 0. The Morgan fingerprint density at radius 3 is 1.75 bits per heavy atom. The van der Waals surface area contributed by atoms with E-state index in [9.17, 15) is 4.79 Å². The largest absolute Gasteiger partial charge is 0.460 e. The molecule has 0 radical (unpaired) electrons. The molecule has 0 atom stereocenters. The van der Waals surface area contributed by atoms with Crippen LogP contribution in [-0.2, 0) is 23.6 Å². The summed E-state index contributed by atoms with van der Waals surface area (Å²) in [7, 11) is 7.36. The summed E-state index contributed by atoms with van der Waals surface area (Å²) in [5.74, 6) is -0.400. The van der Waals surface area contributed by atoms with Crippen molar-refractivity contribution in [3.05, 3.63) is 71.8 Å². The number of esters is 1. The van der Waals surface area contributed by atoms with Gasteiger partial charge in [0.05, 0.1) is 0 Å². The number of carbonyl (C=O) groups is 1. The number of carbonyl (C=O) groups excluding carboxylic acids is 1. The molecule has 0 amide bonds. The fourth-order valence-electron chi connectivity index (χ4n) is 2.88. The van der Waals surface area contributed by atoms with Crippen molar-refractivity contribution < 1.29 is 13.7 Å². The number of halogens is 4. The first kappa shape index (κ1) is 25.2. The number of hydrogen-bond donors (Lipinski definition) is 1. The van der Waals surface area contributed by atoms with Crippen LogP contribution in [0, 0.1) is 0 Å². The number of benzene rings is 2. The molecule has 0 unspecified atom stereocenters. The van der Waals surface area contributed by atoms with Gasteiger partial charge in [-0.1, -0.05) is 72.3 Å². The number of rotatable bonds is 4. The average Bonchev–Trinajstić information content (AvgIpc) is 2.69. The molecule has 3 rings (SSSR count). The van der Waals surface area contributed by atoms with Crippen molar-refractivity contribution in [2.75, 3.05) is 13.1 Å². The second kappa shape index (κ2) is 12.7. The van der Waals surface area contributed by atoms with E-state index in [-0.39, 0.29) is 18.5 Å². The Labute approximate surface area is 187 Å². The second-order valence-electron chi connectivity index (χ2n) is 5.93. The summed E-state index contributed by atoms with van der Waals surface area (Å²) in [6, 6.07) is 18.8. The van der Waals surface area contributed by atoms with Crippen LogP contribution in [0.15, 0.2) is 60.7 Å². The Hall–Kier alpha value is -0.820. The molecule has 1 N–H and O–H groups in total. The third kappa shape index (κ3) is 7.21.